The summed E-state index contributed by atoms with van der Waals surface area (Å²) in [5.74, 6) is 0.0362. The maximum Gasteiger partial charge on any atom is 0.280 e. The fraction of sp³-hybridized carbons (Fsp3) is 0.125. The van der Waals surface area contributed by atoms with Crippen LogP contribution in [0.2, 0.25) is 0 Å². The first kappa shape index (κ1) is 20.7. The van der Waals surface area contributed by atoms with Crippen LogP contribution in [0.1, 0.15) is 28.4 Å². The highest BCUT2D eigenvalue weighted by molar-refractivity contribution is 7.22. The monoisotopic (exact) mass is 433 g/mol. The van der Waals surface area contributed by atoms with Gasteiger partial charge in [-0.1, -0.05) is 29.5 Å². The van der Waals surface area contributed by atoms with E-state index in [9.17, 15) is 9.18 Å². The predicted octanol–water partition coefficient (Wildman–Crippen LogP) is 5.82. The summed E-state index contributed by atoms with van der Waals surface area (Å²) >= 11 is 1.39. The van der Waals surface area contributed by atoms with Crippen molar-refractivity contribution in [3.8, 4) is 5.75 Å². The van der Waals surface area contributed by atoms with E-state index in [4.69, 9.17) is 4.74 Å². The summed E-state index contributed by atoms with van der Waals surface area (Å²) in [6, 6.07) is 18.7. The Balaban J connectivity index is 1.71. The van der Waals surface area contributed by atoms with Crippen LogP contribution in [0.4, 0.5) is 9.52 Å². The van der Waals surface area contributed by atoms with E-state index >= 15 is 0 Å². The van der Waals surface area contributed by atoms with Crippen LogP contribution in [0.25, 0.3) is 10.2 Å². The summed E-state index contributed by atoms with van der Waals surface area (Å²) < 4.78 is 19.6. The van der Waals surface area contributed by atoms with Crippen LogP contribution in [0.3, 0.4) is 0 Å². The van der Waals surface area contributed by atoms with Crippen LogP contribution in [0.5, 0.6) is 5.75 Å². The van der Waals surface area contributed by atoms with Crippen molar-refractivity contribution in [2.45, 2.75) is 13.8 Å². The average Bonchev–Trinajstić information content (AvgIpc) is 3.18. The van der Waals surface area contributed by atoms with Crippen LogP contribution < -0.4 is 9.75 Å². The van der Waals surface area contributed by atoms with Gasteiger partial charge in [-0.25, -0.2) is 9.37 Å². The first-order chi connectivity index (χ1) is 15.0. The highest BCUT2D eigenvalue weighted by atomic mass is 32.1. The Morgan fingerprint density at radius 3 is 2.58 bits per heavy atom. The zero-order valence-electron chi connectivity index (χ0n) is 17.1. The van der Waals surface area contributed by atoms with Gasteiger partial charge in [-0.2, -0.15) is 10.1 Å². The third-order valence-corrected chi connectivity index (χ3v) is 5.50. The fourth-order valence-corrected chi connectivity index (χ4v) is 3.98. The lowest BCUT2D eigenvalue weighted by molar-refractivity contribution is 0.0988. The van der Waals surface area contributed by atoms with E-state index in [0.29, 0.717) is 28.6 Å². The number of fused-ring (bicyclic) bond motifs is 1. The molecule has 1 aromatic heterocycles. The van der Waals surface area contributed by atoms with Crippen LogP contribution >= 0.6 is 11.3 Å². The molecule has 3 aromatic carbocycles. The number of benzene rings is 3. The molecule has 156 valence electrons. The third kappa shape index (κ3) is 4.78. The molecule has 0 spiro atoms. The number of halogens is 1. The highest BCUT2D eigenvalue weighted by Gasteiger charge is 2.21. The van der Waals surface area contributed by atoms with Crippen LogP contribution in [-0.2, 0) is 0 Å². The number of ether oxygens (including phenoxy) is 1. The van der Waals surface area contributed by atoms with E-state index in [1.807, 2.05) is 32.0 Å². The highest BCUT2D eigenvalue weighted by Crippen LogP contribution is 2.31. The Bertz CT molecular complexity index is 1230. The first-order valence-corrected chi connectivity index (χ1v) is 10.6. The number of hydrogen-bond acceptors (Lipinski definition) is 5. The number of hydrogen-bond donors (Lipinski definition) is 0. The van der Waals surface area contributed by atoms with Crippen molar-refractivity contribution in [2.24, 2.45) is 5.10 Å². The van der Waals surface area contributed by atoms with Crippen molar-refractivity contribution >= 4 is 38.8 Å². The molecule has 0 N–H and O–H groups in total. The van der Waals surface area contributed by atoms with Gasteiger partial charge in [0.05, 0.1) is 23.0 Å². The lowest BCUT2D eigenvalue weighted by atomic mass is 10.2. The van der Waals surface area contributed by atoms with Crippen LogP contribution in [0, 0.1) is 12.7 Å². The Kier molecular flexibility index (Phi) is 6.04. The third-order valence-electron chi connectivity index (χ3n) is 4.51. The number of thiazole rings is 1. The Morgan fingerprint density at radius 1 is 1.13 bits per heavy atom. The van der Waals surface area contributed by atoms with Gasteiger partial charge in [-0.15, -0.1) is 0 Å². The van der Waals surface area contributed by atoms with Gasteiger partial charge in [0.25, 0.3) is 5.91 Å². The summed E-state index contributed by atoms with van der Waals surface area (Å²) in [6.07, 6.45) is 1.52. The maximum atomic E-state index is 13.3. The second kappa shape index (κ2) is 9.06. The molecule has 0 atom stereocenters. The molecule has 0 aliphatic heterocycles. The second-order valence-electron chi connectivity index (χ2n) is 6.84. The number of aryl methyl sites for hydroxylation is 1. The van der Waals surface area contributed by atoms with Gasteiger partial charge in [0, 0.05) is 5.56 Å². The standard InChI is InChI=1S/C24H20FN3O2S/c1-3-30-20-11-7-18(8-12-20)23(29)28(26-15-17-5-9-19(25)10-6-17)24-27-21-13-4-16(2)14-22(21)31-24/h4-15H,3H2,1-2H3/b26-15+. The van der Waals surface area contributed by atoms with E-state index in [1.165, 1.54) is 34.7 Å². The number of rotatable bonds is 6. The zero-order chi connectivity index (χ0) is 21.8. The van der Waals surface area contributed by atoms with Gasteiger partial charge in [0.1, 0.15) is 11.6 Å². The molecule has 0 bridgehead atoms. The molecule has 0 saturated carbocycles. The molecular weight excluding hydrogens is 413 g/mol. The number of anilines is 1. The minimum atomic E-state index is -0.332. The van der Waals surface area contributed by atoms with Crippen molar-refractivity contribution in [3.63, 3.8) is 0 Å². The van der Waals surface area contributed by atoms with Crippen molar-refractivity contribution in [3.05, 3.63) is 89.2 Å². The van der Waals surface area contributed by atoms with Gasteiger partial charge in [0.15, 0.2) is 0 Å². The number of amides is 1. The molecule has 31 heavy (non-hydrogen) atoms. The van der Waals surface area contributed by atoms with Gasteiger partial charge in [0.2, 0.25) is 5.13 Å². The molecule has 0 fully saturated rings. The van der Waals surface area contributed by atoms with Gasteiger partial charge in [-0.3, -0.25) is 4.79 Å². The molecule has 4 rings (SSSR count). The summed E-state index contributed by atoms with van der Waals surface area (Å²) in [6.45, 7) is 4.46. The normalized spacial score (nSPS) is 11.2. The van der Waals surface area contributed by atoms with Crippen molar-refractivity contribution in [2.75, 3.05) is 11.6 Å². The zero-order valence-corrected chi connectivity index (χ0v) is 17.9. The summed E-state index contributed by atoms with van der Waals surface area (Å²) in [5, 5.41) is 6.13. The predicted molar refractivity (Wildman–Crippen MR) is 123 cm³/mol. The lowest BCUT2D eigenvalue weighted by Gasteiger charge is -2.14. The molecule has 4 aromatic rings. The van der Waals surface area contributed by atoms with E-state index in [0.717, 1.165) is 15.8 Å². The molecular formula is C24H20FN3O2S. The van der Waals surface area contributed by atoms with Crippen molar-refractivity contribution in [1.82, 2.24) is 4.98 Å². The van der Waals surface area contributed by atoms with E-state index in [1.54, 1.807) is 36.4 Å². The SMILES string of the molecule is CCOc1ccc(C(=O)N(/N=C/c2ccc(F)cc2)c2nc3ccc(C)cc3s2)cc1. The topological polar surface area (TPSA) is 54.8 Å². The van der Waals surface area contributed by atoms with Crippen LogP contribution in [0.15, 0.2) is 71.8 Å². The van der Waals surface area contributed by atoms with Gasteiger partial charge >= 0.3 is 0 Å². The van der Waals surface area contributed by atoms with E-state index in [2.05, 4.69) is 10.1 Å². The summed E-state index contributed by atoms with van der Waals surface area (Å²) in [5.41, 5.74) is 3.03. The molecule has 7 heteroatoms. The van der Waals surface area contributed by atoms with E-state index < -0.39 is 0 Å². The number of hydrazone groups is 1. The van der Waals surface area contributed by atoms with Gasteiger partial charge < -0.3 is 4.74 Å². The molecule has 0 aliphatic carbocycles. The Morgan fingerprint density at radius 2 is 1.87 bits per heavy atom. The number of carbonyl (C=O) groups excluding carboxylic acids is 1. The van der Waals surface area contributed by atoms with E-state index in [-0.39, 0.29) is 11.7 Å². The molecule has 5 nitrogen and oxygen atoms in total. The molecule has 0 saturated heterocycles. The van der Waals surface area contributed by atoms with Crippen LogP contribution in [-0.4, -0.2) is 23.7 Å². The van der Waals surface area contributed by atoms with Crippen molar-refractivity contribution < 1.29 is 13.9 Å². The molecule has 0 unspecified atom stereocenters. The number of carbonyl (C=O) groups is 1. The molecule has 1 amide bonds. The first-order valence-electron chi connectivity index (χ1n) is 9.77. The second-order valence-corrected chi connectivity index (χ2v) is 7.85. The van der Waals surface area contributed by atoms with Gasteiger partial charge in [-0.05, 0) is 73.5 Å². The molecule has 0 radical (unpaired) electrons. The summed E-state index contributed by atoms with van der Waals surface area (Å²) in [4.78, 5) is 17.9. The van der Waals surface area contributed by atoms with Crippen molar-refractivity contribution in [1.29, 1.82) is 0 Å². The number of aromatic nitrogens is 1. The Labute approximate surface area is 183 Å². The minimum absolute atomic E-state index is 0.322. The Hall–Kier alpha value is -3.58. The quantitative estimate of drug-likeness (QED) is 0.284. The largest absolute Gasteiger partial charge is 0.494 e. The maximum absolute atomic E-state index is 13.3. The minimum Gasteiger partial charge on any atom is -0.494 e. The fourth-order valence-electron chi connectivity index (χ4n) is 2.95. The smallest absolute Gasteiger partial charge is 0.280 e. The summed E-state index contributed by atoms with van der Waals surface area (Å²) in [7, 11) is 0. The lowest BCUT2D eigenvalue weighted by Crippen LogP contribution is -2.25. The number of nitrogens with zero attached hydrogens (tertiary/aromatic N) is 3. The molecule has 0 aliphatic rings. The average molecular weight is 434 g/mol. The molecule has 1 heterocycles.